The zero-order valence-electron chi connectivity index (χ0n) is 13.1. The molecule has 0 saturated carbocycles. The molecular formula is C15H28N4O. The van der Waals surface area contributed by atoms with Crippen molar-refractivity contribution in [1.29, 1.82) is 0 Å². The van der Waals surface area contributed by atoms with E-state index in [1.165, 1.54) is 0 Å². The fourth-order valence-corrected chi connectivity index (χ4v) is 2.13. The first kappa shape index (κ1) is 16.7. The molecule has 5 nitrogen and oxygen atoms in total. The number of aliphatic hydroxyl groups is 1. The highest BCUT2D eigenvalue weighted by Gasteiger charge is 2.10. The molecule has 1 unspecified atom stereocenters. The zero-order valence-corrected chi connectivity index (χ0v) is 13.1. The van der Waals surface area contributed by atoms with E-state index in [0.717, 1.165) is 43.3 Å². The predicted octanol–water partition coefficient (Wildman–Crippen LogP) is 2.85. The summed E-state index contributed by atoms with van der Waals surface area (Å²) in [5, 5.41) is 15.5. The van der Waals surface area contributed by atoms with E-state index in [1.54, 1.807) is 0 Å². The molecule has 0 aromatic carbocycles. The molecule has 0 amide bonds. The van der Waals surface area contributed by atoms with Gasteiger partial charge in [-0.15, -0.1) is 0 Å². The summed E-state index contributed by atoms with van der Waals surface area (Å²) in [6.07, 6.45) is 3.09. The lowest BCUT2D eigenvalue weighted by Gasteiger charge is -2.17. The minimum atomic E-state index is 0.245. The van der Waals surface area contributed by atoms with Crippen LogP contribution in [0.15, 0.2) is 6.07 Å². The number of nitrogens with one attached hydrogen (secondary N) is 2. The standard InChI is InChI=1S/C15H28N4O/c1-5-6-12(7-8-20)10-17-14-9-13(16-4)18-15(19-14)11(2)3/h9,11-12,20H,5-8,10H2,1-4H3,(H2,16,17,18,19). The Labute approximate surface area is 122 Å². The van der Waals surface area contributed by atoms with E-state index in [2.05, 4.69) is 41.4 Å². The molecule has 0 bridgehead atoms. The Kier molecular flexibility index (Phi) is 7.30. The summed E-state index contributed by atoms with van der Waals surface area (Å²) in [5.74, 6) is 3.31. The van der Waals surface area contributed by atoms with E-state index in [9.17, 15) is 0 Å². The summed E-state index contributed by atoms with van der Waals surface area (Å²) < 4.78 is 0. The minimum Gasteiger partial charge on any atom is -0.396 e. The smallest absolute Gasteiger partial charge is 0.135 e. The van der Waals surface area contributed by atoms with Crippen molar-refractivity contribution >= 4 is 11.6 Å². The zero-order chi connectivity index (χ0) is 15.0. The fraction of sp³-hybridized carbons (Fsp3) is 0.733. The minimum absolute atomic E-state index is 0.245. The molecule has 1 heterocycles. The van der Waals surface area contributed by atoms with Crippen LogP contribution in [-0.4, -0.2) is 35.3 Å². The molecule has 1 atom stereocenters. The monoisotopic (exact) mass is 280 g/mol. The molecule has 0 fully saturated rings. The van der Waals surface area contributed by atoms with Crippen LogP contribution < -0.4 is 10.6 Å². The van der Waals surface area contributed by atoms with Crippen LogP contribution in [0.1, 0.15) is 51.8 Å². The van der Waals surface area contributed by atoms with Gasteiger partial charge < -0.3 is 15.7 Å². The summed E-state index contributed by atoms with van der Waals surface area (Å²) in [6, 6.07) is 1.92. The fourth-order valence-electron chi connectivity index (χ4n) is 2.13. The normalized spacial score (nSPS) is 12.5. The van der Waals surface area contributed by atoms with Gasteiger partial charge in [-0.1, -0.05) is 27.2 Å². The number of aliphatic hydroxyl groups excluding tert-OH is 1. The van der Waals surface area contributed by atoms with Crippen molar-refractivity contribution in [2.45, 2.75) is 46.0 Å². The molecule has 5 heteroatoms. The molecule has 0 aliphatic carbocycles. The second kappa shape index (κ2) is 8.74. The highest BCUT2D eigenvalue weighted by atomic mass is 16.3. The van der Waals surface area contributed by atoms with Crippen LogP contribution in [0.4, 0.5) is 11.6 Å². The van der Waals surface area contributed by atoms with Crippen molar-refractivity contribution in [2.75, 3.05) is 30.8 Å². The van der Waals surface area contributed by atoms with Crippen LogP contribution in [0.2, 0.25) is 0 Å². The quantitative estimate of drug-likeness (QED) is 0.649. The van der Waals surface area contributed by atoms with Crippen LogP contribution in [0, 0.1) is 5.92 Å². The number of nitrogens with zero attached hydrogens (tertiary/aromatic N) is 2. The largest absolute Gasteiger partial charge is 0.396 e. The van der Waals surface area contributed by atoms with Gasteiger partial charge in [0.2, 0.25) is 0 Å². The summed E-state index contributed by atoms with van der Waals surface area (Å²) in [5.41, 5.74) is 0. The van der Waals surface area contributed by atoms with E-state index >= 15 is 0 Å². The molecule has 1 aromatic rings. The average molecular weight is 280 g/mol. The van der Waals surface area contributed by atoms with Crippen molar-refractivity contribution in [2.24, 2.45) is 5.92 Å². The van der Waals surface area contributed by atoms with Crippen molar-refractivity contribution < 1.29 is 5.11 Å². The van der Waals surface area contributed by atoms with Gasteiger partial charge in [-0.3, -0.25) is 0 Å². The molecule has 1 rings (SSSR count). The van der Waals surface area contributed by atoms with Crippen LogP contribution >= 0.6 is 0 Å². The lowest BCUT2D eigenvalue weighted by Crippen LogP contribution is -2.17. The summed E-state index contributed by atoms with van der Waals surface area (Å²) in [4.78, 5) is 9.00. The highest BCUT2D eigenvalue weighted by Crippen LogP contribution is 2.18. The molecule has 0 spiro atoms. The lowest BCUT2D eigenvalue weighted by atomic mass is 10.0. The van der Waals surface area contributed by atoms with Gasteiger partial charge in [0.05, 0.1) is 0 Å². The van der Waals surface area contributed by atoms with E-state index in [0.29, 0.717) is 11.8 Å². The summed E-state index contributed by atoms with van der Waals surface area (Å²) >= 11 is 0. The molecule has 0 aliphatic rings. The number of anilines is 2. The van der Waals surface area contributed by atoms with Gasteiger partial charge >= 0.3 is 0 Å². The number of aromatic nitrogens is 2. The third kappa shape index (κ3) is 5.33. The Balaban J connectivity index is 2.72. The summed E-state index contributed by atoms with van der Waals surface area (Å²) in [7, 11) is 1.86. The molecular weight excluding hydrogens is 252 g/mol. The van der Waals surface area contributed by atoms with Gasteiger partial charge in [0, 0.05) is 32.2 Å². The maximum Gasteiger partial charge on any atom is 0.135 e. The van der Waals surface area contributed by atoms with Crippen molar-refractivity contribution in [1.82, 2.24) is 9.97 Å². The first-order chi connectivity index (χ1) is 9.60. The number of hydrogen-bond acceptors (Lipinski definition) is 5. The highest BCUT2D eigenvalue weighted by molar-refractivity contribution is 5.47. The first-order valence-electron chi connectivity index (χ1n) is 7.52. The molecule has 0 aliphatic heterocycles. The van der Waals surface area contributed by atoms with Crippen molar-refractivity contribution in [3.8, 4) is 0 Å². The van der Waals surface area contributed by atoms with Crippen molar-refractivity contribution in [3.05, 3.63) is 11.9 Å². The lowest BCUT2D eigenvalue weighted by molar-refractivity contribution is 0.255. The second-order valence-electron chi connectivity index (χ2n) is 5.45. The maximum atomic E-state index is 9.10. The Bertz CT molecular complexity index is 389. The average Bonchev–Trinajstić information content (AvgIpc) is 2.44. The SMILES string of the molecule is CCCC(CCO)CNc1cc(NC)nc(C(C)C)n1. The number of rotatable bonds is 9. The van der Waals surface area contributed by atoms with Gasteiger partial charge in [-0.25, -0.2) is 9.97 Å². The predicted molar refractivity (Wildman–Crippen MR) is 84.3 cm³/mol. The van der Waals surface area contributed by atoms with Gasteiger partial charge in [0.25, 0.3) is 0 Å². The van der Waals surface area contributed by atoms with Crippen LogP contribution in [0.5, 0.6) is 0 Å². The second-order valence-corrected chi connectivity index (χ2v) is 5.45. The molecule has 20 heavy (non-hydrogen) atoms. The van der Waals surface area contributed by atoms with Crippen LogP contribution in [0.25, 0.3) is 0 Å². The van der Waals surface area contributed by atoms with Crippen molar-refractivity contribution in [3.63, 3.8) is 0 Å². The van der Waals surface area contributed by atoms with E-state index in [1.807, 2.05) is 13.1 Å². The Morgan fingerprint density at radius 3 is 2.45 bits per heavy atom. The molecule has 0 radical (unpaired) electrons. The van der Waals surface area contributed by atoms with Crippen LogP contribution in [0.3, 0.4) is 0 Å². The van der Waals surface area contributed by atoms with Gasteiger partial charge in [0.15, 0.2) is 0 Å². The van der Waals surface area contributed by atoms with Gasteiger partial charge in [-0.05, 0) is 18.8 Å². The first-order valence-corrected chi connectivity index (χ1v) is 7.52. The Morgan fingerprint density at radius 1 is 1.20 bits per heavy atom. The topological polar surface area (TPSA) is 70.1 Å². The third-order valence-electron chi connectivity index (χ3n) is 3.32. The summed E-state index contributed by atoms with van der Waals surface area (Å²) in [6.45, 7) is 7.43. The molecule has 0 saturated heterocycles. The third-order valence-corrected chi connectivity index (χ3v) is 3.32. The molecule has 1 aromatic heterocycles. The Hall–Kier alpha value is -1.36. The van der Waals surface area contributed by atoms with Gasteiger partial charge in [0.1, 0.15) is 17.5 Å². The molecule has 114 valence electrons. The maximum absolute atomic E-state index is 9.10. The van der Waals surface area contributed by atoms with E-state index in [4.69, 9.17) is 5.11 Å². The molecule has 3 N–H and O–H groups in total. The van der Waals surface area contributed by atoms with E-state index in [-0.39, 0.29) is 6.61 Å². The van der Waals surface area contributed by atoms with Crippen LogP contribution in [-0.2, 0) is 0 Å². The van der Waals surface area contributed by atoms with Gasteiger partial charge in [-0.2, -0.15) is 0 Å². The van der Waals surface area contributed by atoms with E-state index < -0.39 is 0 Å². The number of hydrogen-bond donors (Lipinski definition) is 3. The Morgan fingerprint density at radius 2 is 1.90 bits per heavy atom.